The highest BCUT2D eigenvalue weighted by atomic mass is 35.5. The number of thiazole rings is 1. The summed E-state index contributed by atoms with van der Waals surface area (Å²) in [5.74, 6) is 1.36. The SMILES string of the molecule is CCN1CCc2nc(NC(=O)C3CC4CCCC(C3)C4N)sc2C1.Cl.Cl. The lowest BCUT2D eigenvalue weighted by molar-refractivity contribution is -0.122. The Balaban J connectivity index is 0.00000121. The molecule has 3 N–H and O–H groups in total. The maximum atomic E-state index is 12.7. The summed E-state index contributed by atoms with van der Waals surface area (Å²) in [6.07, 6.45) is 6.58. The van der Waals surface area contributed by atoms with E-state index in [-0.39, 0.29) is 36.6 Å². The third kappa shape index (κ3) is 4.36. The predicted molar refractivity (Wildman–Crippen MR) is 111 cm³/mol. The van der Waals surface area contributed by atoms with Crippen LogP contribution in [-0.4, -0.2) is 34.9 Å². The van der Waals surface area contributed by atoms with Crippen LogP contribution < -0.4 is 11.1 Å². The Kier molecular flexibility index (Phi) is 7.74. The molecule has 2 bridgehead atoms. The van der Waals surface area contributed by atoms with Crippen LogP contribution in [0.2, 0.25) is 0 Å². The van der Waals surface area contributed by atoms with Crippen LogP contribution in [-0.2, 0) is 17.8 Å². The number of hydrogen-bond acceptors (Lipinski definition) is 5. The summed E-state index contributed by atoms with van der Waals surface area (Å²) in [4.78, 5) is 21.2. The van der Waals surface area contributed by atoms with Crippen LogP contribution in [0.25, 0.3) is 0 Å². The quantitative estimate of drug-likeness (QED) is 0.784. The first kappa shape index (κ1) is 21.9. The third-order valence-corrected chi connectivity index (χ3v) is 7.27. The molecule has 2 atom stereocenters. The molecule has 2 saturated carbocycles. The van der Waals surface area contributed by atoms with Crippen LogP contribution in [0.15, 0.2) is 0 Å². The van der Waals surface area contributed by atoms with Gasteiger partial charge in [-0.05, 0) is 44.1 Å². The molecule has 0 aromatic carbocycles. The molecule has 2 unspecified atom stereocenters. The van der Waals surface area contributed by atoms with Crippen LogP contribution in [0.1, 0.15) is 49.6 Å². The highest BCUT2D eigenvalue weighted by Gasteiger charge is 2.40. The second-order valence-electron chi connectivity index (χ2n) is 7.69. The molecule has 2 aliphatic carbocycles. The van der Waals surface area contributed by atoms with E-state index in [1.165, 1.54) is 29.8 Å². The second kappa shape index (κ2) is 9.20. The molecule has 1 aromatic heterocycles. The highest BCUT2D eigenvalue weighted by molar-refractivity contribution is 7.15. The number of amides is 1. The van der Waals surface area contributed by atoms with Gasteiger partial charge in [-0.15, -0.1) is 36.2 Å². The van der Waals surface area contributed by atoms with Gasteiger partial charge in [0.25, 0.3) is 0 Å². The van der Waals surface area contributed by atoms with E-state index in [4.69, 9.17) is 5.73 Å². The molecule has 2 heterocycles. The van der Waals surface area contributed by atoms with E-state index in [2.05, 4.69) is 22.1 Å². The van der Waals surface area contributed by atoms with Gasteiger partial charge in [0.1, 0.15) is 0 Å². The number of rotatable bonds is 3. The number of carbonyl (C=O) groups excluding carboxylic acids is 1. The van der Waals surface area contributed by atoms with E-state index in [0.29, 0.717) is 17.9 Å². The van der Waals surface area contributed by atoms with E-state index in [0.717, 1.165) is 44.0 Å². The summed E-state index contributed by atoms with van der Waals surface area (Å²) >= 11 is 1.66. The Labute approximate surface area is 172 Å². The number of likely N-dealkylation sites (N-methyl/N-ethyl adjacent to an activating group) is 1. The molecule has 1 amide bonds. The standard InChI is InChI=1S/C18H28N4OS.2ClH/c1-2-22-7-6-14-15(10-22)24-18(20-14)21-17(23)13-8-11-4-3-5-12(9-13)16(11)19;;/h11-13,16H,2-10,19H2,1H3,(H,20,21,23);2*1H. The minimum Gasteiger partial charge on any atom is -0.327 e. The fraction of sp³-hybridized carbons (Fsp3) is 0.778. The smallest absolute Gasteiger partial charge is 0.229 e. The van der Waals surface area contributed by atoms with Crippen LogP contribution in [0.3, 0.4) is 0 Å². The van der Waals surface area contributed by atoms with Crippen LogP contribution in [0.5, 0.6) is 0 Å². The monoisotopic (exact) mass is 420 g/mol. The third-order valence-electron chi connectivity index (χ3n) is 6.27. The minimum atomic E-state index is 0. The Bertz CT molecular complexity index is 612. The van der Waals surface area contributed by atoms with E-state index >= 15 is 0 Å². The number of aromatic nitrogens is 1. The van der Waals surface area contributed by atoms with Crippen molar-refractivity contribution in [2.75, 3.05) is 18.4 Å². The van der Waals surface area contributed by atoms with Gasteiger partial charge in [0, 0.05) is 36.3 Å². The first-order chi connectivity index (χ1) is 11.6. The first-order valence-electron chi connectivity index (χ1n) is 9.41. The Morgan fingerprint density at radius 2 is 2.00 bits per heavy atom. The number of nitrogens with zero attached hydrogens (tertiary/aromatic N) is 2. The van der Waals surface area contributed by atoms with Crippen LogP contribution in [0, 0.1) is 17.8 Å². The Hall–Kier alpha value is -0.400. The molecular weight excluding hydrogens is 391 g/mol. The molecule has 0 saturated heterocycles. The van der Waals surface area contributed by atoms with Crippen molar-refractivity contribution in [1.82, 2.24) is 9.88 Å². The van der Waals surface area contributed by atoms with Gasteiger partial charge >= 0.3 is 0 Å². The number of carbonyl (C=O) groups is 1. The summed E-state index contributed by atoms with van der Waals surface area (Å²) < 4.78 is 0. The van der Waals surface area contributed by atoms with E-state index in [9.17, 15) is 4.79 Å². The number of anilines is 1. The average Bonchev–Trinajstić information content (AvgIpc) is 2.95. The molecule has 4 rings (SSSR count). The largest absolute Gasteiger partial charge is 0.327 e. The summed E-state index contributed by atoms with van der Waals surface area (Å²) in [5.41, 5.74) is 7.53. The zero-order valence-corrected chi connectivity index (χ0v) is 17.7. The molecule has 0 radical (unpaired) electrons. The van der Waals surface area contributed by atoms with Crippen molar-refractivity contribution in [3.8, 4) is 0 Å². The van der Waals surface area contributed by atoms with E-state index in [1.54, 1.807) is 11.3 Å². The van der Waals surface area contributed by atoms with Crippen molar-refractivity contribution in [1.29, 1.82) is 0 Å². The van der Waals surface area contributed by atoms with Crippen molar-refractivity contribution in [3.63, 3.8) is 0 Å². The van der Waals surface area contributed by atoms with E-state index < -0.39 is 0 Å². The van der Waals surface area contributed by atoms with Gasteiger partial charge in [-0.3, -0.25) is 9.69 Å². The van der Waals surface area contributed by atoms with Gasteiger partial charge in [-0.1, -0.05) is 13.3 Å². The average molecular weight is 421 g/mol. The van der Waals surface area contributed by atoms with Crippen LogP contribution in [0.4, 0.5) is 5.13 Å². The Morgan fingerprint density at radius 1 is 1.31 bits per heavy atom. The summed E-state index contributed by atoms with van der Waals surface area (Å²) in [7, 11) is 0. The first-order valence-corrected chi connectivity index (χ1v) is 10.2. The summed E-state index contributed by atoms with van der Waals surface area (Å²) in [6, 6.07) is 0.315. The zero-order chi connectivity index (χ0) is 16.7. The zero-order valence-electron chi connectivity index (χ0n) is 15.3. The normalized spacial score (nSPS) is 30.5. The second-order valence-corrected chi connectivity index (χ2v) is 8.78. The van der Waals surface area contributed by atoms with Crippen LogP contribution >= 0.6 is 36.2 Å². The van der Waals surface area contributed by atoms with Crippen molar-refractivity contribution < 1.29 is 4.79 Å². The van der Waals surface area contributed by atoms with Crippen molar-refractivity contribution in [2.24, 2.45) is 23.5 Å². The molecular formula is C18H30Cl2N4OS. The number of hydrogen-bond donors (Lipinski definition) is 2. The fourth-order valence-corrected chi connectivity index (χ4v) is 5.84. The molecule has 8 heteroatoms. The molecule has 148 valence electrons. The minimum absolute atomic E-state index is 0. The maximum absolute atomic E-state index is 12.7. The summed E-state index contributed by atoms with van der Waals surface area (Å²) in [6.45, 7) is 5.32. The predicted octanol–water partition coefficient (Wildman–Crippen LogP) is 3.46. The lowest BCUT2D eigenvalue weighted by atomic mass is 9.65. The maximum Gasteiger partial charge on any atom is 0.229 e. The lowest BCUT2D eigenvalue weighted by Crippen LogP contribution is -2.48. The van der Waals surface area contributed by atoms with Crippen molar-refractivity contribution in [2.45, 2.75) is 58.0 Å². The van der Waals surface area contributed by atoms with E-state index in [1.807, 2.05) is 0 Å². The molecule has 2 fully saturated rings. The summed E-state index contributed by atoms with van der Waals surface area (Å²) in [5, 5.41) is 3.91. The van der Waals surface area contributed by atoms with Gasteiger partial charge in [0.2, 0.25) is 5.91 Å². The topological polar surface area (TPSA) is 71.2 Å². The van der Waals surface area contributed by atoms with Gasteiger partial charge in [-0.25, -0.2) is 4.98 Å². The molecule has 5 nitrogen and oxygen atoms in total. The lowest BCUT2D eigenvalue weighted by Gasteiger charge is -2.43. The molecule has 0 spiro atoms. The van der Waals surface area contributed by atoms with Gasteiger partial charge in [0.15, 0.2) is 5.13 Å². The number of nitrogens with one attached hydrogen (secondary N) is 1. The van der Waals surface area contributed by atoms with Gasteiger partial charge < -0.3 is 11.1 Å². The molecule has 26 heavy (non-hydrogen) atoms. The van der Waals surface area contributed by atoms with Crippen molar-refractivity contribution >= 4 is 47.2 Å². The fourth-order valence-electron chi connectivity index (χ4n) is 4.78. The van der Waals surface area contributed by atoms with Gasteiger partial charge in [0.05, 0.1) is 5.69 Å². The Morgan fingerprint density at radius 3 is 2.65 bits per heavy atom. The molecule has 1 aliphatic heterocycles. The molecule has 3 aliphatic rings. The van der Waals surface area contributed by atoms with Gasteiger partial charge in [-0.2, -0.15) is 0 Å². The van der Waals surface area contributed by atoms with Crippen molar-refractivity contribution in [3.05, 3.63) is 10.6 Å². The highest BCUT2D eigenvalue weighted by Crippen LogP contribution is 2.42. The number of halogens is 2. The molecule has 1 aromatic rings. The number of nitrogens with two attached hydrogens (primary N) is 1. The number of fused-ring (bicyclic) bond motifs is 3.